The van der Waals surface area contributed by atoms with E-state index in [4.69, 9.17) is 0 Å². The molecule has 1 heterocycles. The van der Waals surface area contributed by atoms with Crippen LogP contribution in [-0.4, -0.2) is 10.9 Å². The van der Waals surface area contributed by atoms with Crippen LogP contribution in [0.25, 0.3) is 10.9 Å². The average molecular weight is 177 g/mol. The number of rotatable bonds is 1. The summed E-state index contributed by atoms with van der Waals surface area (Å²) in [7, 11) is 0. The molecule has 66 valence electrons. The summed E-state index contributed by atoms with van der Waals surface area (Å²) in [5.41, 5.74) is 0.450. The van der Waals surface area contributed by atoms with E-state index in [1.54, 1.807) is 18.2 Å². The molecule has 1 aromatic heterocycles. The van der Waals surface area contributed by atoms with Crippen LogP contribution in [0.2, 0.25) is 0 Å². The normalized spacial score (nSPS) is 10.5. The van der Waals surface area contributed by atoms with Crippen LogP contribution in [0.3, 0.4) is 0 Å². The number of H-pyrrole nitrogens is 1. The van der Waals surface area contributed by atoms with Crippen molar-refractivity contribution in [2.45, 2.75) is 6.92 Å². The van der Waals surface area contributed by atoms with E-state index in [1.807, 2.05) is 0 Å². The van der Waals surface area contributed by atoms with E-state index >= 15 is 0 Å². The zero-order valence-corrected chi connectivity index (χ0v) is 6.96. The molecule has 2 rings (SSSR count). The number of Topliss-reactive ketones (excluding diaryl/α,β-unsaturated/α-hetero) is 1. The molecule has 0 fully saturated rings. The third-order valence-electron chi connectivity index (χ3n) is 1.90. The van der Waals surface area contributed by atoms with Crippen LogP contribution in [0.4, 0.5) is 0 Å². The van der Waals surface area contributed by atoms with Gasteiger partial charge in [0, 0.05) is 5.56 Å². The Labute approximate surface area is 73.1 Å². The van der Waals surface area contributed by atoms with Gasteiger partial charge in [-0.15, -0.1) is 0 Å². The van der Waals surface area contributed by atoms with Gasteiger partial charge in [0.05, 0.1) is 10.9 Å². The molecule has 1 N–H and O–H groups in total. The molecule has 2 aromatic rings. The lowest BCUT2D eigenvalue weighted by atomic mass is 10.1. The first-order valence-electron chi connectivity index (χ1n) is 3.81. The first-order valence-corrected chi connectivity index (χ1v) is 3.81. The van der Waals surface area contributed by atoms with Crippen LogP contribution in [0.1, 0.15) is 17.3 Å². The standard InChI is InChI=1S/C9H7NO3/c1-5(11)6-3-2-4-7-8(6)9(12)13-10-7/h2-4,10H,1H3. The largest absolute Gasteiger partial charge is 0.365 e. The fourth-order valence-corrected chi connectivity index (χ4v) is 1.30. The van der Waals surface area contributed by atoms with Crippen LogP contribution in [0, 0.1) is 0 Å². The van der Waals surface area contributed by atoms with Gasteiger partial charge in [0.2, 0.25) is 0 Å². The van der Waals surface area contributed by atoms with E-state index in [-0.39, 0.29) is 5.78 Å². The van der Waals surface area contributed by atoms with Crippen molar-refractivity contribution in [1.29, 1.82) is 0 Å². The number of carbonyl (C=O) groups excluding carboxylic acids is 1. The van der Waals surface area contributed by atoms with Crippen molar-refractivity contribution in [2.75, 3.05) is 0 Å². The summed E-state index contributed by atoms with van der Waals surface area (Å²) >= 11 is 0. The Morgan fingerprint density at radius 2 is 2.23 bits per heavy atom. The van der Waals surface area contributed by atoms with Gasteiger partial charge in [-0.25, -0.2) is 9.95 Å². The van der Waals surface area contributed by atoms with E-state index < -0.39 is 5.63 Å². The summed E-state index contributed by atoms with van der Waals surface area (Å²) in [6.45, 7) is 1.42. The van der Waals surface area contributed by atoms with Gasteiger partial charge in [0.1, 0.15) is 0 Å². The van der Waals surface area contributed by atoms with Gasteiger partial charge in [-0.3, -0.25) is 4.79 Å². The number of carbonyl (C=O) groups is 1. The molecule has 0 amide bonds. The summed E-state index contributed by atoms with van der Waals surface area (Å²) in [4.78, 5) is 22.3. The molecular formula is C9H7NO3. The summed E-state index contributed by atoms with van der Waals surface area (Å²) in [5.74, 6) is -0.141. The Morgan fingerprint density at radius 3 is 2.92 bits per heavy atom. The first-order chi connectivity index (χ1) is 6.20. The predicted molar refractivity (Wildman–Crippen MR) is 46.8 cm³/mol. The highest BCUT2D eigenvalue weighted by Gasteiger charge is 2.10. The summed E-state index contributed by atoms with van der Waals surface area (Å²) in [6.07, 6.45) is 0. The van der Waals surface area contributed by atoms with Crippen molar-refractivity contribution in [3.05, 3.63) is 34.2 Å². The second-order valence-corrected chi connectivity index (χ2v) is 2.78. The van der Waals surface area contributed by atoms with Crippen molar-refractivity contribution < 1.29 is 9.32 Å². The van der Waals surface area contributed by atoms with Crippen LogP contribution in [-0.2, 0) is 0 Å². The van der Waals surface area contributed by atoms with Crippen molar-refractivity contribution in [3.63, 3.8) is 0 Å². The summed E-state index contributed by atoms with van der Waals surface area (Å²) in [5, 5.41) is 2.77. The minimum Gasteiger partial charge on any atom is -0.338 e. The second kappa shape index (κ2) is 2.58. The number of hydrogen-bond donors (Lipinski definition) is 1. The Morgan fingerprint density at radius 1 is 1.46 bits per heavy atom. The fourth-order valence-electron chi connectivity index (χ4n) is 1.30. The topological polar surface area (TPSA) is 63.1 Å². The molecule has 0 spiro atoms. The molecule has 0 radical (unpaired) electrons. The van der Waals surface area contributed by atoms with E-state index in [0.29, 0.717) is 16.5 Å². The molecule has 0 saturated heterocycles. The van der Waals surface area contributed by atoms with Gasteiger partial charge in [0.25, 0.3) is 0 Å². The van der Waals surface area contributed by atoms with Crippen LogP contribution in [0.5, 0.6) is 0 Å². The number of nitrogens with one attached hydrogen (secondary N) is 1. The molecule has 1 aromatic carbocycles. The quantitative estimate of drug-likeness (QED) is 0.668. The molecule has 0 aliphatic carbocycles. The fraction of sp³-hybridized carbons (Fsp3) is 0.111. The first kappa shape index (κ1) is 7.79. The molecule has 0 bridgehead atoms. The lowest BCUT2D eigenvalue weighted by Gasteiger charge is -1.93. The molecule has 13 heavy (non-hydrogen) atoms. The summed E-state index contributed by atoms with van der Waals surface area (Å²) in [6, 6.07) is 4.99. The van der Waals surface area contributed by atoms with Crippen molar-refractivity contribution >= 4 is 16.7 Å². The number of aromatic amines is 1. The van der Waals surface area contributed by atoms with E-state index in [0.717, 1.165) is 0 Å². The SMILES string of the molecule is CC(=O)c1cccc2[nH]oc(=O)c12. The monoisotopic (exact) mass is 177 g/mol. The lowest BCUT2D eigenvalue weighted by molar-refractivity contribution is 0.101. The molecule has 0 unspecified atom stereocenters. The zero-order valence-electron chi connectivity index (χ0n) is 6.96. The highest BCUT2D eigenvalue weighted by Crippen LogP contribution is 2.13. The summed E-state index contributed by atoms with van der Waals surface area (Å²) < 4.78 is 4.57. The average Bonchev–Trinajstić information content (AvgIpc) is 2.48. The van der Waals surface area contributed by atoms with Gasteiger partial charge in [-0.2, -0.15) is 0 Å². The minimum absolute atomic E-state index is 0.141. The van der Waals surface area contributed by atoms with Gasteiger partial charge in [-0.05, 0) is 13.0 Å². The van der Waals surface area contributed by atoms with Gasteiger partial charge < -0.3 is 4.52 Å². The number of aromatic nitrogens is 1. The van der Waals surface area contributed by atoms with E-state index in [1.165, 1.54) is 6.92 Å². The third-order valence-corrected chi connectivity index (χ3v) is 1.90. The van der Waals surface area contributed by atoms with Crippen LogP contribution < -0.4 is 5.63 Å². The third kappa shape index (κ3) is 1.07. The van der Waals surface area contributed by atoms with Crippen LogP contribution >= 0.6 is 0 Å². The van der Waals surface area contributed by atoms with Gasteiger partial charge in [0.15, 0.2) is 5.78 Å². The Bertz CT molecular complexity index is 521. The highest BCUT2D eigenvalue weighted by atomic mass is 16.5. The van der Waals surface area contributed by atoms with Gasteiger partial charge >= 0.3 is 5.63 Å². The number of benzene rings is 1. The maximum absolute atomic E-state index is 11.2. The molecule has 4 nitrogen and oxygen atoms in total. The molecule has 0 atom stereocenters. The van der Waals surface area contributed by atoms with Crippen molar-refractivity contribution in [1.82, 2.24) is 5.16 Å². The highest BCUT2D eigenvalue weighted by molar-refractivity contribution is 6.05. The van der Waals surface area contributed by atoms with E-state index in [9.17, 15) is 9.59 Å². The molecule has 0 aliphatic heterocycles. The van der Waals surface area contributed by atoms with Crippen LogP contribution in [0.15, 0.2) is 27.5 Å². The Hall–Kier alpha value is -1.84. The number of fused-ring (bicyclic) bond motifs is 1. The predicted octanol–water partition coefficient (Wildman–Crippen LogP) is 1.32. The molecular weight excluding hydrogens is 170 g/mol. The van der Waals surface area contributed by atoms with Crippen molar-refractivity contribution in [3.8, 4) is 0 Å². The maximum atomic E-state index is 11.2. The van der Waals surface area contributed by atoms with Crippen molar-refractivity contribution in [2.24, 2.45) is 0 Å². The number of hydrogen-bond acceptors (Lipinski definition) is 3. The molecule has 4 heteroatoms. The Balaban J connectivity index is 2.96. The van der Waals surface area contributed by atoms with E-state index in [2.05, 4.69) is 9.68 Å². The smallest absolute Gasteiger partial charge is 0.338 e. The molecule has 0 aliphatic rings. The lowest BCUT2D eigenvalue weighted by Crippen LogP contribution is -2.00. The maximum Gasteiger partial charge on any atom is 0.365 e. The number of ketones is 1. The Kier molecular flexibility index (Phi) is 1.55. The van der Waals surface area contributed by atoms with Gasteiger partial charge in [-0.1, -0.05) is 12.1 Å². The second-order valence-electron chi connectivity index (χ2n) is 2.78. The zero-order chi connectivity index (χ0) is 9.42. The molecule has 0 saturated carbocycles. The minimum atomic E-state index is -0.499.